The zero-order chi connectivity index (χ0) is 19.3. The van der Waals surface area contributed by atoms with Crippen LogP contribution in [-0.2, 0) is 14.6 Å². The van der Waals surface area contributed by atoms with Gasteiger partial charge in [0.25, 0.3) is 0 Å². The van der Waals surface area contributed by atoms with Crippen LogP contribution in [0, 0.1) is 11.6 Å². The van der Waals surface area contributed by atoms with E-state index < -0.39 is 39.6 Å². The number of benzene rings is 2. The van der Waals surface area contributed by atoms with Gasteiger partial charge in [-0.05, 0) is 24.3 Å². The Morgan fingerprint density at radius 2 is 1.73 bits per heavy atom. The molecule has 0 fully saturated rings. The van der Waals surface area contributed by atoms with E-state index in [-0.39, 0.29) is 16.3 Å². The molecule has 0 radical (unpaired) electrons. The normalized spacial score (nSPS) is 11.1. The molecule has 1 N–H and O–H groups in total. The fraction of sp³-hybridized carbons (Fsp3) is 0.235. The van der Waals surface area contributed by atoms with Crippen LogP contribution in [0.4, 0.5) is 14.5 Å². The lowest BCUT2D eigenvalue weighted by molar-refractivity contribution is -0.115. The van der Waals surface area contributed by atoms with Crippen molar-refractivity contribution in [3.63, 3.8) is 0 Å². The van der Waals surface area contributed by atoms with Crippen LogP contribution in [0.3, 0.4) is 0 Å². The van der Waals surface area contributed by atoms with Crippen molar-refractivity contribution in [2.75, 3.05) is 25.3 Å². The molecule has 9 heteroatoms. The van der Waals surface area contributed by atoms with Gasteiger partial charge in [-0.25, -0.2) is 17.2 Å². The molecule has 6 nitrogen and oxygen atoms in total. The highest BCUT2D eigenvalue weighted by molar-refractivity contribution is 7.91. The third-order valence-electron chi connectivity index (χ3n) is 3.52. The Morgan fingerprint density at radius 1 is 1.04 bits per heavy atom. The van der Waals surface area contributed by atoms with Gasteiger partial charge in [0.05, 0.1) is 30.6 Å². The summed E-state index contributed by atoms with van der Waals surface area (Å²) in [7, 11) is -0.977. The van der Waals surface area contributed by atoms with E-state index in [1.54, 1.807) is 0 Å². The fourth-order valence-corrected chi connectivity index (χ4v) is 3.41. The SMILES string of the molecule is COc1ccc(S(=O)(=O)CCC(=O)Nc2ccc(F)cc2F)cc1OC. The van der Waals surface area contributed by atoms with Crippen LogP contribution in [0.5, 0.6) is 11.5 Å². The first-order valence-corrected chi connectivity index (χ1v) is 9.11. The van der Waals surface area contributed by atoms with E-state index in [1.165, 1.54) is 32.4 Å². The molecular weight excluding hydrogens is 368 g/mol. The largest absolute Gasteiger partial charge is 0.493 e. The minimum Gasteiger partial charge on any atom is -0.493 e. The zero-order valence-corrected chi connectivity index (χ0v) is 14.9. The van der Waals surface area contributed by atoms with E-state index in [9.17, 15) is 22.0 Å². The summed E-state index contributed by atoms with van der Waals surface area (Å²) < 4.78 is 61.2. The smallest absolute Gasteiger partial charge is 0.225 e. The molecule has 2 aromatic rings. The molecule has 0 saturated heterocycles. The molecule has 0 saturated carbocycles. The number of rotatable bonds is 7. The second kappa shape index (κ2) is 8.13. The van der Waals surface area contributed by atoms with Gasteiger partial charge >= 0.3 is 0 Å². The summed E-state index contributed by atoms with van der Waals surface area (Å²) in [6.07, 6.45) is -0.395. The third-order valence-corrected chi connectivity index (χ3v) is 5.23. The number of sulfone groups is 1. The number of amides is 1. The molecule has 2 rings (SSSR count). The van der Waals surface area contributed by atoms with Crippen molar-refractivity contribution < 1.29 is 31.5 Å². The van der Waals surface area contributed by atoms with Gasteiger partial charge in [-0.1, -0.05) is 0 Å². The van der Waals surface area contributed by atoms with Gasteiger partial charge in [0.2, 0.25) is 5.91 Å². The molecule has 0 aromatic heterocycles. The van der Waals surface area contributed by atoms with Crippen LogP contribution in [0.2, 0.25) is 0 Å². The van der Waals surface area contributed by atoms with Crippen LogP contribution >= 0.6 is 0 Å². The Kier molecular flexibility index (Phi) is 6.14. The predicted octanol–water partition coefficient (Wildman–Crippen LogP) is 2.78. The summed E-state index contributed by atoms with van der Waals surface area (Å²) in [5.74, 6) is -2.31. The molecule has 0 bridgehead atoms. The summed E-state index contributed by atoms with van der Waals surface area (Å²) in [6, 6.07) is 6.75. The topological polar surface area (TPSA) is 81.7 Å². The average molecular weight is 385 g/mol. The third kappa shape index (κ3) is 4.69. The average Bonchev–Trinajstić information content (AvgIpc) is 2.61. The maximum Gasteiger partial charge on any atom is 0.225 e. The lowest BCUT2D eigenvalue weighted by Crippen LogP contribution is -2.18. The van der Waals surface area contributed by atoms with Crippen molar-refractivity contribution in [3.8, 4) is 11.5 Å². The minimum absolute atomic E-state index is 0.0316. The Bertz CT molecular complexity index is 915. The van der Waals surface area contributed by atoms with Crippen molar-refractivity contribution in [1.82, 2.24) is 0 Å². The maximum absolute atomic E-state index is 13.5. The second-order valence-corrected chi connectivity index (χ2v) is 7.37. The van der Waals surface area contributed by atoms with Crippen LogP contribution < -0.4 is 14.8 Å². The molecule has 2 aromatic carbocycles. The van der Waals surface area contributed by atoms with Crippen molar-refractivity contribution in [2.24, 2.45) is 0 Å². The predicted molar refractivity (Wildman–Crippen MR) is 91.2 cm³/mol. The van der Waals surface area contributed by atoms with Crippen LogP contribution in [0.1, 0.15) is 6.42 Å². The minimum atomic E-state index is -3.77. The number of ether oxygens (including phenoxy) is 2. The van der Waals surface area contributed by atoms with Gasteiger partial charge in [-0.3, -0.25) is 4.79 Å². The summed E-state index contributed by atoms with van der Waals surface area (Å²) in [5, 5.41) is 2.21. The van der Waals surface area contributed by atoms with Crippen molar-refractivity contribution in [2.45, 2.75) is 11.3 Å². The van der Waals surface area contributed by atoms with Gasteiger partial charge in [0.1, 0.15) is 11.6 Å². The molecule has 0 aliphatic carbocycles. The van der Waals surface area contributed by atoms with E-state index in [0.717, 1.165) is 12.1 Å². The highest BCUT2D eigenvalue weighted by atomic mass is 32.2. The Hall–Kier alpha value is -2.68. The molecule has 0 aliphatic rings. The van der Waals surface area contributed by atoms with Gasteiger partial charge in [-0.2, -0.15) is 0 Å². The number of methoxy groups -OCH3 is 2. The van der Waals surface area contributed by atoms with E-state index in [1.807, 2.05) is 0 Å². The van der Waals surface area contributed by atoms with Crippen molar-refractivity contribution >= 4 is 21.4 Å². The number of carbonyl (C=O) groups excluding carboxylic acids is 1. The number of hydrogen-bond acceptors (Lipinski definition) is 5. The summed E-state index contributed by atoms with van der Waals surface area (Å²) in [5.41, 5.74) is -0.222. The molecule has 0 unspecified atom stereocenters. The first-order chi connectivity index (χ1) is 12.3. The molecule has 26 heavy (non-hydrogen) atoms. The van der Waals surface area contributed by atoms with E-state index in [2.05, 4.69) is 5.32 Å². The molecule has 1 amide bonds. The lowest BCUT2D eigenvalue weighted by atomic mass is 10.3. The molecule has 0 atom stereocenters. The highest BCUT2D eigenvalue weighted by Gasteiger charge is 2.19. The Morgan fingerprint density at radius 3 is 2.35 bits per heavy atom. The monoisotopic (exact) mass is 385 g/mol. The molecule has 0 heterocycles. The molecule has 140 valence electrons. The quantitative estimate of drug-likeness (QED) is 0.793. The number of nitrogens with one attached hydrogen (secondary N) is 1. The number of halogens is 2. The van der Waals surface area contributed by atoms with Crippen LogP contribution in [-0.4, -0.2) is 34.3 Å². The Balaban J connectivity index is 2.06. The summed E-state index contributed by atoms with van der Waals surface area (Å²) in [4.78, 5) is 11.8. The first-order valence-electron chi connectivity index (χ1n) is 7.46. The van der Waals surface area contributed by atoms with E-state index in [4.69, 9.17) is 9.47 Å². The Labute approximate surface area is 149 Å². The van der Waals surface area contributed by atoms with Crippen molar-refractivity contribution in [3.05, 3.63) is 48.0 Å². The van der Waals surface area contributed by atoms with Gasteiger partial charge < -0.3 is 14.8 Å². The summed E-state index contributed by atoms with van der Waals surface area (Å²) in [6.45, 7) is 0. The van der Waals surface area contributed by atoms with Gasteiger partial charge in [0.15, 0.2) is 21.3 Å². The second-order valence-electron chi connectivity index (χ2n) is 5.26. The van der Waals surface area contributed by atoms with E-state index in [0.29, 0.717) is 11.8 Å². The number of anilines is 1. The highest BCUT2D eigenvalue weighted by Crippen LogP contribution is 2.30. The molecule has 0 spiro atoms. The molecular formula is C17H17F2NO5S. The first kappa shape index (κ1) is 19.6. The van der Waals surface area contributed by atoms with Gasteiger partial charge in [0, 0.05) is 18.6 Å². The lowest BCUT2D eigenvalue weighted by Gasteiger charge is -2.10. The summed E-state index contributed by atoms with van der Waals surface area (Å²) >= 11 is 0. The van der Waals surface area contributed by atoms with E-state index >= 15 is 0 Å². The van der Waals surface area contributed by atoms with Crippen molar-refractivity contribution in [1.29, 1.82) is 0 Å². The van der Waals surface area contributed by atoms with Crippen LogP contribution in [0.15, 0.2) is 41.3 Å². The zero-order valence-electron chi connectivity index (χ0n) is 14.1. The number of hydrogen-bond donors (Lipinski definition) is 1. The molecule has 0 aliphatic heterocycles. The van der Waals surface area contributed by atoms with Gasteiger partial charge in [-0.15, -0.1) is 0 Å². The maximum atomic E-state index is 13.5. The standard InChI is InChI=1S/C17H17F2NO5S/c1-24-15-6-4-12(10-16(15)25-2)26(22,23)8-7-17(21)20-14-5-3-11(18)9-13(14)19/h3-6,9-10H,7-8H2,1-2H3,(H,20,21). The number of carbonyl (C=O) groups is 1. The van der Waals surface area contributed by atoms with Crippen LogP contribution in [0.25, 0.3) is 0 Å². The fourth-order valence-electron chi connectivity index (χ4n) is 2.16.